The number of hydrogen-bond donors (Lipinski definition) is 0. The molecule has 4 atom stereocenters. The summed E-state index contributed by atoms with van der Waals surface area (Å²) in [6.45, 7) is 8.26. The van der Waals surface area contributed by atoms with Gasteiger partial charge in [-0.1, -0.05) is 13.8 Å². The summed E-state index contributed by atoms with van der Waals surface area (Å²) in [7, 11) is 0. The first-order valence-electron chi connectivity index (χ1n) is 5.62. The highest BCUT2D eigenvalue weighted by atomic mass is 16.2. The predicted octanol–water partition coefficient (Wildman–Crippen LogP) is 0.876. The largest absolute Gasteiger partial charge is 0.300 e. The molecule has 0 aromatic carbocycles. The summed E-state index contributed by atoms with van der Waals surface area (Å²) < 4.78 is 0. The zero-order valence-electron chi connectivity index (χ0n) is 9.59. The minimum atomic E-state index is -0.710. The molecule has 0 radical (unpaired) electrons. The Bertz CT molecular complexity index is 359. The number of rotatable bonds is 0. The highest BCUT2D eigenvalue weighted by Gasteiger charge is 2.68. The van der Waals surface area contributed by atoms with Gasteiger partial charge in [-0.2, -0.15) is 0 Å². The van der Waals surface area contributed by atoms with Crippen LogP contribution in [0.4, 0.5) is 0 Å². The highest BCUT2D eigenvalue weighted by molar-refractivity contribution is 6.14. The number of Topliss-reactive ketones (excluding diaryl/α,β-unsaturated/α-hetero) is 2. The van der Waals surface area contributed by atoms with Gasteiger partial charge in [-0.3, -0.25) is 14.5 Å². The van der Waals surface area contributed by atoms with Crippen molar-refractivity contribution in [3.05, 3.63) is 0 Å². The van der Waals surface area contributed by atoms with E-state index in [1.807, 2.05) is 20.8 Å². The van der Waals surface area contributed by atoms with Crippen molar-refractivity contribution >= 4 is 11.6 Å². The van der Waals surface area contributed by atoms with Crippen LogP contribution in [0.15, 0.2) is 0 Å². The Labute approximate surface area is 89.8 Å². The molecular weight excluding hydrogens is 190 g/mol. The maximum Gasteiger partial charge on any atom is 0.154 e. The second-order valence-corrected chi connectivity index (χ2v) is 6.43. The Morgan fingerprint density at radius 3 is 1.87 bits per heavy atom. The molecule has 82 valence electrons. The van der Waals surface area contributed by atoms with Crippen molar-refractivity contribution in [3.8, 4) is 0 Å². The Balaban J connectivity index is 2.20. The van der Waals surface area contributed by atoms with Gasteiger partial charge in [-0.15, -0.1) is 0 Å². The average Bonchev–Trinajstić information content (AvgIpc) is 2.10. The van der Waals surface area contributed by atoms with E-state index in [0.717, 1.165) is 19.5 Å². The van der Waals surface area contributed by atoms with Crippen LogP contribution in [0.1, 0.15) is 27.2 Å². The SMILES string of the molecule is CC12CN3C[C@@](C)(C[C@@](C)(C3)C1=O)C2=O. The third-order valence-corrected chi connectivity index (χ3v) is 4.56. The number of piperidine rings is 3. The minimum Gasteiger partial charge on any atom is -0.300 e. The molecule has 0 aromatic heterocycles. The smallest absolute Gasteiger partial charge is 0.154 e. The first-order valence-corrected chi connectivity index (χ1v) is 5.62. The van der Waals surface area contributed by atoms with Gasteiger partial charge in [0.25, 0.3) is 0 Å². The molecule has 1 aliphatic carbocycles. The molecule has 0 N–H and O–H groups in total. The summed E-state index contributed by atoms with van der Waals surface area (Å²) in [5.74, 6) is 0.377. The van der Waals surface area contributed by atoms with Crippen LogP contribution in [0.3, 0.4) is 0 Å². The predicted molar refractivity (Wildman–Crippen MR) is 55.4 cm³/mol. The molecule has 3 heterocycles. The molecule has 15 heavy (non-hydrogen) atoms. The second-order valence-electron chi connectivity index (χ2n) is 6.43. The van der Waals surface area contributed by atoms with Gasteiger partial charge < -0.3 is 0 Å². The van der Waals surface area contributed by atoms with Gasteiger partial charge in [0.2, 0.25) is 0 Å². The summed E-state index contributed by atoms with van der Waals surface area (Å²) in [5, 5.41) is 0. The lowest BCUT2D eigenvalue weighted by atomic mass is 9.48. The van der Waals surface area contributed by atoms with Gasteiger partial charge in [-0.05, 0) is 13.3 Å². The van der Waals surface area contributed by atoms with Crippen LogP contribution in [0.2, 0.25) is 0 Å². The van der Waals surface area contributed by atoms with Crippen molar-refractivity contribution in [1.29, 1.82) is 0 Å². The Morgan fingerprint density at radius 2 is 1.40 bits per heavy atom. The maximum atomic E-state index is 12.3. The van der Waals surface area contributed by atoms with Crippen LogP contribution in [-0.4, -0.2) is 36.1 Å². The lowest BCUT2D eigenvalue weighted by Crippen LogP contribution is -2.75. The number of ketones is 2. The molecule has 4 bridgehead atoms. The van der Waals surface area contributed by atoms with E-state index in [0.29, 0.717) is 6.54 Å². The molecule has 3 nitrogen and oxygen atoms in total. The molecule has 3 heteroatoms. The normalized spacial score (nSPS) is 57.7. The minimum absolute atomic E-state index is 0.188. The summed E-state index contributed by atoms with van der Waals surface area (Å²) in [4.78, 5) is 26.9. The molecule has 4 rings (SSSR count). The van der Waals surface area contributed by atoms with Gasteiger partial charge in [0.05, 0.1) is 5.41 Å². The summed E-state index contributed by atoms with van der Waals surface area (Å²) in [5.41, 5.74) is -1.25. The van der Waals surface area contributed by atoms with Gasteiger partial charge in [0.15, 0.2) is 11.6 Å². The molecule has 4 aliphatic rings. The van der Waals surface area contributed by atoms with E-state index in [2.05, 4.69) is 4.90 Å². The standard InChI is InChI=1S/C12H17NO2/c1-10-4-11(2)6-13(5-10)7-12(3,8(10)14)9(11)15/h4-7H2,1-3H3/t10-,11+,12?. The van der Waals surface area contributed by atoms with Crippen LogP contribution in [-0.2, 0) is 9.59 Å². The Kier molecular flexibility index (Phi) is 1.39. The zero-order chi connectivity index (χ0) is 11.1. The molecule has 1 saturated carbocycles. The molecule has 0 amide bonds. The topological polar surface area (TPSA) is 37.4 Å². The van der Waals surface area contributed by atoms with E-state index >= 15 is 0 Å². The van der Waals surface area contributed by atoms with Crippen molar-refractivity contribution in [3.63, 3.8) is 0 Å². The molecule has 0 spiro atoms. The fourth-order valence-electron chi connectivity index (χ4n) is 4.46. The number of hydrogen-bond acceptors (Lipinski definition) is 3. The molecule has 3 saturated heterocycles. The quantitative estimate of drug-likeness (QED) is 0.553. The van der Waals surface area contributed by atoms with E-state index in [4.69, 9.17) is 0 Å². The van der Waals surface area contributed by atoms with Crippen molar-refractivity contribution in [2.45, 2.75) is 27.2 Å². The first kappa shape index (κ1) is 9.52. The fourth-order valence-corrected chi connectivity index (χ4v) is 4.46. The van der Waals surface area contributed by atoms with Crippen molar-refractivity contribution in [1.82, 2.24) is 4.90 Å². The van der Waals surface area contributed by atoms with Crippen LogP contribution in [0, 0.1) is 16.2 Å². The zero-order valence-corrected chi connectivity index (χ0v) is 9.59. The molecular formula is C12H17NO2. The second kappa shape index (κ2) is 2.19. The van der Waals surface area contributed by atoms with Crippen LogP contribution in [0.25, 0.3) is 0 Å². The third-order valence-electron chi connectivity index (χ3n) is 4.56. The molecule has 3 aliphatic heterocycles. The third kappa shape index (κ3) is 0.865. The van der Waals surface area contributed by atoms with E-state index in [9.17, 15) is 9.59 Å². The Morgan fingerprint density at radius 1 is 0.933 bits per heavy atom. The monoisotopic (exact) mass is 207 g/mol. The average molecular weight is 207 g/mol. The Hall–Kier alpha value is -0.700. The number of carbonyl (C=O) groups is 2. The first-order chi connectivity index (χ1) is 6.80. The molecule has 2 unspecified atom stereocenters. The van der Waals surface area contributed by atoms with Crippen LogP contribution in [0.5, 0.6) is 0 Å². The summed E-state index contributed by atoms with van der Waals surface area (Å²) in [6.07, 6.45) is 0.754. The fraction of sp³-hybridized carbons (Fsp3) is 0.833. The number of nitrogens with zero attached hydrogens (tertiary/aromatic N) is 1. The van der Waals surface area contributed by atoms with Gasteiger partial charge in [0.1, 0.15) is 0 Å². The van der Waals surface area contributed by atoms with E-state index in [-0.39, 0.29) is 22.4 Å². The van der Waals surface area contributed by atoms with Crippen LogP contribution >= 0.6 is 0 Å². The van der Waals surface area contributed by atoms with Crippen molar-refractivity contribution in [2.75, 3.05) is 19.6 Å². The van der Waals surface area contributed by atoms with Gasteiger partial charge >= 0.3 is 0 Å². The van der Waals surface area contributed by atoms with E-state index < -0.39 is 5.41 Å². The number of carbonyl (C=O) groups excluding carboxylic acids is 2. The van der Waals surface area contributed by atoms with E-state index in [1.165, 1.54) is 0 Å². The van der Waals surface area contributed by atoms with E-state index in [1.54, 1.807) is 0 Å². The summed E-state index contributed by atoms with van der Waals surface area (Å²) in [6, 6.07) is 0. The van der Waals surface area contributed by atoms with Crippen molar-refractivity contribution < 1.29 is 9.59 Å². The molecule has 4 fully saturated rings. The van der Waals surface area contributed by atoms with Crippen LogP contribution < -0.4 is 0 Å². The lowest BCUT2D eigenvalue weighted by Gasteiger charge is -2.62. The summed E-state index contributed by atoms with van der Waals surface area (Å²) >= 11 is 0. The molecule has 0 aromatic rings. The van der Waals surface area contributed by atoms with Gasteiger partial charge in [0, 0.05) is 30.5 Å². The lowest BCUT2D eigenvalue weighted by molar-refractivity contribution is -0.185. The maximum absolute atomic E-state index is 12.3. The van der Waals surface area contributed by atoms with Gasteiger partial charge in [-0.25, -0.2) is 0 Å². The highest BCUT2D eigenvalue weighted by Crippen LogP contribution is 2.57. The van der Waals surface area contributed by atoms with Crippen molar-refractivity contribution in [2.24, 2.45) is 16.2 Å².